The molecule has 0 saturated heterocycles. The number of benzene rings is 2. The van der Waals surface area contributed by atoms with Crippen molar-refractivity contribution < 1.29 is 9.13 Å². The Labute approximate surface area is 121 Å². The number of hydrogen-bond acceptors (Lipinski definition) is 2. The maximum Gasteiger partial charge on any atom is 0.131 e. The van der Waals surface area contributed by atoms with Gasteiger partial charge < -0.3 is 4.74 Å². The fourth-order valence-electron chi connectivity index (χ4n) is 1.82. The number of rotatable bonds is 3. The van der Waals surface area contributed by atoms with Gasteiger partial charge in [-0.2, -0.15) is 5.26 Å². The monoisotopic (exact) mass is 287 g/mol. The van der Waals surface area contributed by atoms with Crippen molar-refractivity contribution in [2.24, 2.45) is 0 Å². The maximum atomic E-state index is 13.7. The van der Waals surface area contributed by atoms with E-state index in [0.717, 1.165) is 0 Å². The van der Waals surface area contributed by atoms with E-state index in [9.17, 15) is 9.65 Å². The van der Waals surface area contributed by atoms with Gasteiger partial charge in [-0.05, 0) is 30.3 Å². The number of hydrogen-bond donors (Lipinski definition) is 0. The zero-order chi connectivity index (χ0) is 14.5. The fourth-order valence-corrected chi connectivity index (χ4v) is 2.00. The number of halogens is 2. The lowest BCUT2D eigenvalue weighted by Crippen LogP contribution is -1.90. The Morgan fingerprint density at radius 2 is 2.05 bits per heavy atom. The molecule has 0 bridgehead atoms. The minimum atomic E-state index is -0.443. The summed E-state index contributed by atoms with van der Waals surface area (Å²) in [4.78, 5) is 0. The molecule has 2 nitrogen and oxygen atoms in total. The lowest BCUT2D eigenvalue weighted by atomic mass is 10.0. The second-order valence-electron chi connectivity index (χ2n) is 4.04. The summed E-state index contributed by atoms with van der Waals surface area (Å²) in [5, 5.41) is 9.76. The van der Waals surface area contributed by atoms with E-state index in [1.54, 1.807) is 42.5 Å². The molecule has 0 fully saturated rings. The van der Waals surface area contributed by atoms with Crippen molar-refractivity contribution in [1.29, 1.82) is 5.26 Å². The lowest BCUT2D eigenvalue weighted by molar-refractivity contribution is 0.414. The average molecular weight is 288 g/mol. The molecule has 4 heteroatoms. The first-order valence-corrected chi connectivity index (χ1v) is 6.23. The van der Waals surface area contributed by atoms with Crippen LogP contribution in [0.5, 0.6) is 5.75 Å². The third-order valence-electron chi connectivity index (χ3n) is 2.78. The zero-order valence-corrected chi connectivity index (χ0v) is 11.5. The van der Waals surface area contributed by atoms with Gasteiger partial charge in [0.05, 0.1) is 18.8 Å². The molecule has 0 aliphatic heterocycles. The van der Waals surface area contributed by atoms with Gasteiger partial charge in [0.2, 0.25) is 0 Å². The molecule has 0 radical (unpaired) electrons. The van der Waals surface area contributed by atoms with Gasteiger partial charge >= 0.3 is 0 Å². The van der Waals surface area contributed by atoms with Crippen LogP contribution < -0.4 is 4.74 Å². The minimum Gasteiger partial charge on any atom is -0.496 e. The number of nitriles is 1. The molecule has 0 unspecified atom stereocenters. The summed E-state index contributed by atoms with van der Waals surface area (Å²) in [6, 6.07) is 13.2. The van der Waals surface area contributed by atoms with Crippen molar-refractivity contribution in [2.45, 2.75) is 0 Å². The predicted octanol–water partition coefficient (Wildman–Crippen LogP) is 4.55. The number of methoxy groups -OCH3 is 1. The van der Waals surface area contributed by atoms with E-state index in [0.29, 0.717) is 16.3 Å². The van der Waals surface area contributed by atoms with Gasteiger partial charge in [0.1, 0.15) is 11.6 Å². The molecule has 0 spiro atoms. The lowest BCUT2D eigenvalue weighted by Gasteiger charge is -2.06. The van der Waals surface area contributed by atoms with Gasteiger partial charge in [0.25, 0.3) is 0 Å². The Morgan fingerprint density at radius 1 is 1.30 bits per heavy atom. The van der Waals surface area contributed by atoms with Crippen molar-refractivity contribution in [1.82, 2.24) is 0 Å². The molecule has 100 valence electrons. The summed E-state index contributed by atoms with van der Waals surface area (Å²) in [6.45, 7) is 0. The smallest absolute Gasteiger partial charge is 0.131 e. The van der Waals surface area contributed by atoms with Crippen molar-refractivity contribution in [3.05, 3.63) is 64.4 Å². The predicted molar refractivity (Wildman–Crippen MR) is 77.9 cm³/mol. The van der Waals surface area contributed by atoms with E-state index in [-0.39, 0.29) is 11.1 Å². The Kier molecular flexibility index (Phi) is 4.39. The van der Waals surface area contributed by atoms with E-state index in [1.807, 2.05) is 6.07 Å². The minimum absolute atomic E-state index is 0.212. The third kappa shape index (κ3) is 2.98. The third-order valence-corrected chi connectivity index (χ3v) is 3.01. The topological polar surface area (TPSA) is 33.0 Å². The SMILES string of the molecule is COc1ccc(Cl)cc1/C=C(/C#N)c1ccccc1F. The Morgan fingerprint density at radius 3 is 2.70 bits per heavy atom. The molecule has 0 atom stereocenters. The number of ether oxygens (including phenoxy) is 1. The highest BCUT2D eigenvalue weighted by atomic mass is 35.5. The summed E-state index contributed by atoms with van der Waals surface area (Å²) >= 11 is 5.94. The highest BCUT2D eigenvalue weighted by Gasteiger charge is 2.09. The van der Waals surface area contributed by atoms with Crippen LogP contribution in [-0.2, 0) is 0 Å². The first-order valence-electron chi connectivity index (χ1n) is 5.86. The van der Waals surface area contributed by atoms with E-state index >= 15 is 0 Å². The Bertz CT molecular complexity index is 704. The normalized spacial score (nSPS) is 11.0. The molecule has 0 saturated carbocycles. The molecule has 2 rings (SSSR count). The van der Waals surface area contributed by atoms with Crippen LogP contribution in [-0.4, -0.2) is 7.11 Å². The molecular weight excluding hydrogens is 277 g/mol. The van der Waals surface area contributed by atoms with Crippen LogP contribution in [0.4, 0.5) is 4.39 Å². The first kappa shape index (κ1) is 14.1. The van der Waals surface area contributed by atoms with E-state index in [2.05, 4.69) is 0 Å². The van der Waals surface area contributed by atoms with Gasteiger partial charge in [-0.3, -0.25) is 0 Å². The standard InChI is InChI=1S/C16H11ClFNO/c1-20-16-7-6-13(17)9-11(16)8-12(10-19)14-4-2-3-5-15(14)18/h2-9H,1H3/b12-8-. The molecule has 2 aromatic rings. The van der Waals surface area contributed by atoms with Crippen LogP contribution >= 0.6 is 11.6 Å². The van der Waals surface area contributed by atoms with Gasteiger partial charge in [-0.1, -0.05) is 29.8 Å². The number of allylic oxidation sites excluding steroid dienone is 1. The van der Waals surface area contributed by atoms with E-state index in [1.165, 1.54) is 13.2 Å². The fraction of sp³-hybridized carbons (Fsp3) is 0.0625. The summed E-state index contributed by atoms with van der Waals surface area (Å²) in [6.07, 6.45) is 1.56. The molecule has 0 heterocycles. The average Bonchev–Trinajstić information content (AvgIpc) is 2.46. The molecule has 2 aromatic carbocycles. The van der Waals surface area contributed by atoms with E-state index < -0.39 is 5.82 Å². The zero-order valence-electron chi connectivity index (χ0n) is 10.7. The molecule has 0 amide bonds. The quantitative estimate of drug-likeness (QED) is 0.613. The van der Waals surface area contributed by atoms with Crippen LogP contribution in [0.3, 0.4) is 0 Å². The van der Waals surface area contributed by atoms with Crippen molar-refractivity contribution in [3.63, 3.8) is 0 Å². The van der Waals surface area contributed by atoms with Gasteiger partial charge in [0.15, 0.2) is 0 Å². The molecule has 0 N–H and O–H groups in total. The maximum absolute atomic E-state index is 13.7. The van der Waals surface area contributed by atoms with Gasteiger partial charge in [-0.15, -0.1) is 0 Å². The summed E-state index contributed by atoms with van der Waals surface area (Å²) in [7, 11) is 1.52. The highest BCUT2D eigenvalue weighted by Crippen LogP contribution is 2.28. The second-order valence-corrected chi connectivity index (χ2v) is 4.47. The van der Waals surface area contributed by atoms with Crippen LogP contribution in [0.1, 0.15) is 11.1 Å². The van der Waals surface area contributed by atoms with Gasteiger partial charge in [-0.25, -0.2) is 4.39 Å². The number of nitrogens with zero attached hydrogens (tertiary/aromatic N) is 1. The first-order chi connectivity index (χ1) is 9.65. The molecule has 0 aromatic heterocycles. The summed E-state index contributed by atoms with van der Waals surface area (Å²) < 4.78 is 18.9. The summed E-state index contributed by atoms with van der Waals surface area (Å²) in [5.41, 5.74) is 1.08. The van der Waals surface area contributed by atoms with Crippen LogP contribution in [0.2, 0.25) is 5.02 Å². The Balaban J connectivity index is 2.56. The molecule has 0 aliphatic carbocycles. The molecular formula is C16H11ClFNO. The van der Waals surface area contributed by atoms with Crippen molar-refractivity contribution in [3.8, 4) is 11.8 Å². The summed E-state index contributed by atoms with van der Waals surface area (Å²) in [5.74, 6) is 0.125. The van der Waals surface area contributed by atoms with E-state index in [4.69, 9.17) is 16.3 Å². The second kappa shape index (κ2) is 6.23. The van der Waals surface area contributed by atoms with Crippen LogP contribution in [0.25, 0.3) is 11.6 Å². The van der Waals surface area contributed by atoms with Crippen LogP contribution in [0.15, 0.2) is 42.5 Å². The van der Waals surface area contributed by atoms with Crippen LogP contribution in [0, 0.1) is 17.1 Å². The van der Waals surface area contributed by atoms with Crippen molar-refractivity contribution in [2.75, 3.05) is 7.11 Å². The largest absolute Gasteiger partial charge is 0.496 e. The molecule has 20 heavy (non-hydrogen) atoms. The highest BCUT2D eigenvalue weighted by molar-refractivity contribution is 6.30. The Hall–Kier alpha value is -2.31. The van der Waals surface area contributed by atoms with Gasteiger partial charge in [0, 0.05) is 16.1 Å². The molecule has 0 aliphatic rings. The van der Waals surface area contributed by atoms with Crippen molar-refractivity contribution >= 4 is 23.3 Å².